The van der Waals surface area contributed by atoms with Crippen molar-refractivity contribution in [2.45, 2.75) is 19.5 Å². The van der Waals surface area contributed by atoms with Crippen LogP contribution in [0.5, 0.6) is 0 Å². The number of aliphatic imine (C=N–C) groups is 1. The standard InChI is InChI=1S/C26H20FN3O2/c1-15-17-9-3-2-8-16(17)14-20(15)25(31)30-24-26(32)28-22-13-7-5-11-19(22)23(29-24)18-10-4-6-12-21(18)27/h2-13,24H,14H2,1H3,(H,28,32)(H,30,31). The summed E-state index contributed by atoms with van der Waals surface area (Å²) in [6, 6.07) is 21.2. The fourth-order valence-corrected chi connectivity index (χ4v) is 4.21. The topological polar surface area (TPSA) is 70.6 Å². The lowest BCUT2D eigenvalue weighted by molar-refractivity contribution is -0.124. The number of nitrogens with zero attached hydrogens (tertiary/aromatic N) is 1. The zero-order valence-electron chi connectivity index (χ0n) is 17.4. The van der Waals surface area contributed by atoms with Crippen molar-refractivity contribution in [3.63, 3.8) is 0 Å². The maximum Gasteiger partial charge on any atom is 0.269 e. The SMILES string of the molecule is CC1=C(C(=O)NC2N=C(c3ccccc3F)c3ccccc3NC2=O)Cc2ccccc21. The van der Waals surface area contributed by atoms with E-state index in [1.165, 1.54) is 6.07 Å². The van der Waals surface area contributed by atoms with Gasteiger partial charge in [0.25, 0.3) is 5.91 Å². The highest BCUT2D eigenvalue weighted by molar-refractivity contribution is 6.20. The van der Waals surface area contributed by atoms with Crippen LogP contribution in [-0.2, 0) is 16.0 Å². The third-order valence-corrected chi connectivity index (χ3v) is 5.86. The van der Waals surface area contributed by atoms with Gasteiger partial charge in [0.15, 0.2) is 0 Å². The smallest absolute Gasteiger partial charge is 0.269 e. The number of fused-ring (bicyclic) bond motifs is 2. The van der Waals surface area contributed by atoms with E-state index in [2.05, 4.69) is 15.6 Å². The third-order valence-electron chi connectivity index (χ3n) is 5.86. The number of hydrogen-bond donors (Lipinski definition) is 2. The molecule has 1 atom stereocenters. The van der Waals surface area contributed by atoms with E-state index in [1.54, 1.807) is 42.5 Å². The number of allylic oxidation sites excluding steroid dienone is 1. The van der Waals surface area contributed by atoms with Crippen LogP contribution in [-0.4, -0.2) is 23.7 Å². The predicted octanol–water partition coefficient (Wildman–Crippen LogP) is 4.09. The van der Waals surface area contributed by atoms with Crippen LogP contribution in [0.3, 0.4) is 0 Å². The van der Waals surface area contributed by atoms with Crippen molar-refractivity contribution in [2.24, 2.45) is 4.99 Å². The predicted molar refractivity (Wildman–Crippen MR) is 122 cm³/mol. The van der Waals surface area contributed by atoms with Crippen molar-refractivity contribution in [3.8, 4) is 0 Å². The van der Waals surface area contributed by atoms with E-state index in [0.29, 0.717) is 29.0 Å². The maximum atomic E-state index is 14.7. The summed E-state index contributed by atoms with van der Waals surface area (Å²) in [7, 11) is 0. The number of nitrogens with one attached hydrogen (secondary N) is 2. The minimum atomic E-state index is -1.20. The van der Waals surface area contributed by atoms with Gasteiger partial charge in [0, 0.05) is 23.1 Å². The van der Waals surface area contributed by atoms with Gasteiger partial charge in [0.05, 0.1) is 11.4 Å². The van der Waals surface area contributed by atoms with Crippen LogP contribution in [0.1, 0.15) is 29.2 Å². The number of anilines is 1. The molecule has 0 spiro atoms. The molecule has 6 heteroatoms. The Morgan fingerprint density at radius 2 is 1.62 bits per heavy atom. The van der Waals surface area contributed by atoms with E-state index in [0.717, 1.165) is 16.7 Å². The number of rotatable bonds is 3. The zero-order valence-corrected chi connectivity index (χ0v) is 17.4. The number of amides is 2. The number of carbonyl (C=O) groups is 2. The van der Waals surface area contributed by atoms with Gasteiger partial charge in [-0.3, -0.25) is 9.59 Å². The summed E-state index contributed by atoms with van der Waals surface area (Å²) in [5.74, 6) is -1.29. The zero-order chi connectivity index (χ0) is 22.2. The van der Waals surface area contributed by atoms with Gasteiger partial charge in [0.1, 0.15) is 5.82 Å². The van der Waals surface area contributed by atoms with E-state index < -0.39 is 17.9 Å². The molecule has 2 amide bonds. The van der Waals surface area contributed by atoms with Gasteiger partial charge < -0.3 is 10.6 Å². The Labute approximate surface area is 184 Å². The largest absolute Gasteiger partial charge is 0.323 e. The average molecular weight is 425 g/mol. The van der Waals surface area contributed by atoms with Crippen LogP contribution >= 0.6 is 0 Å². The number of benzene rings is 3. The second kappa shape index (κ2) is 7.89. The number of benzodiazepines with no additional fused rings is 1. The number of hydrogen-bond acceptors (Lipinski definition) is 3. The van der Waals surface area contributed by atoms with Gasteiger partial charge in [0.2, 0.25) is 12.1 Å². The number of halogens is 1. The minimum Gasteiger partial charge on any atom is -0.323 e. The van der Waals surface area contributed by atoms with Crippen LogP contribution in [0.2, 0.25) is 0 Å². The highest BCUT2D eigenvalue weighted by Crippen LogP contribution is 2.32. The summed E-state index contributed by atoms with van der Waals surface area (Å²) in [5, 5.41) is 5.56. The number of para-hydroxylation sites is 1. The Morgan fingerprint density at radius 1 is 0.969 bits per heavy atom. The second-order valence-electron chi connectivity index (χ2n) is 7.81. The molecule has 1 heterocycles. The first kappa shape index (κ1) is 19.9. The molecule has 0 fully saturated rings. The maximum absolute atomic E-state index is 14.7. The van der Waals surface area contributed by atoms with Crippen molar-refractivity contribution in [1.82, 2.24) is 5.32 Å². The van der Waals surface area contributed by atoms with E-state index in [-0.39, 0.29) is 11.5 Å². The molecule has 158 valence electrons. The van der Waals surface area contributed by atoms with Gasteiger partial charge in [-0.25, -0.2) is 9.38 Å². The van der Waals surface area contributed by atoms with Crippen LogP contribution in [0.4, 0.5) is 10.1 Å². The molecule has 0 aromatic heterocycles. The summed E-state index contributed by atoms with van der Waals surface area (Å²) < 4.78 is 14.7. The van der Waals surface area contributed by atoms with Crippen LogP contribution in [0, 0.1) is 5.82 Å². The van der Waals surface area contributed by atoms with Crippen LogP contribution < -0.4 is 10.6 Å². The lowest BCUT2D eigenvalue weighted by Gasteiger charge is -2.14. The first-order valence-electron chi connectivity index (χ1n) is 10.3. The molecular weight excluding hydrogens is 405 g/mol. The van der Waals surface area contributed by atoms with Crippen LogP contribution in [0.15, 0.2) is 83.4 Å². The molecule has 3 aromatic carbocycles. The van der Waals surface area contributed by atoms with E-state index in [4.69, 9.17) is 0 Å². The Bertz CT molecular complexity index is 1330. The molecule has 1 aliphatic carbocycles. The molecule has 3 aromatic rings. The molecule has 0 saturated heterocycles. The molecular formula is C26H20FN3O2. The first-order valence-corrected chi connectivity index (χ1v) is 10.3. The second-order valence-corrected chi connectivity index (χ2v) is 7.81. The Balaban J connectivity index is 1.53. The molecule has 32 heavy (non-hydrogen) atoms. The molecule has 5 nitrogen and oxygen atoms in total. The highest BCUT2D eigenvalue weighted by Gasteiger charge is 2.30. The van der Waals surface area contributed by atoms with Crippen molar-refractivity contribution >= 4 is 28.8 Å². The lowest BCUT2D eigenvalue weighted by Crippen LogP contribution is -2.43. The molecule has 0 bridgehead atoms. The van der Waals surface area contributed by atoms with Gasteiger partial charge >= 0.3 is 0 Å². The lowest BCUT2D eigenvalue weighted by atomic mass is 10.0. The van der Waals surface area contributed by atoms with E-state index in [9.17, 15) is 14.0 Å². The highest BCUT2D eigenvalue weighted by atomic mass is 19.1. The molecule has 1 aliphatic heterocycles. The fraction of sp³-hybridized carbons (Fsp3) is 0.115. The molecule has 2 N–H and O–H groups in total. The van der Waals surface area contributed by atoms with Crippen LogP contribution in [0.25, 0.3) is 5.57 Å². The van der Waals surface area contributed by atoms with Gasteiger partial charge in [-0.1, -0.05) is 54.6 Å². The summed E-state index contributed by atoms with van der Waals surface area (Å²) in [6.07, 6.45) is -0.708. The molecule has 0 saturated carbocycles. The number of carbonyl (C=O) groups excluding carboxylic acids is 2. The Morgan fingerprint density at radius 3 is 2.38 bits per heavy atom. The van der Waals surface area contributed by atoms with Gasteiger partial charge in [-0.05, 0) is 41.8 Å². The summed E-state index contributed by atoms with van der Waals surface area (Å²) in [4.78, 5) is 30.6. The van der Waals surface area contributed by atoms with E-state index >= 15 is 0 Å². The molecule has 1 unspecified atom stereocenters. The fourth-order valence-electron chi connectivity index (χ4n) is 4.21. The van der Waals surface area contributed by atoms with E-state index in [1.807, 2.05) is 31.2 Å². The van der Waals surface area contributed by atoms with Crippen molar-refractivity contribution < 1.29 is 14.0 Å². The normalized spacial score (nSPS) is 17.1. The Hall–Kier alpha value is -4.06. The first-order chi connectivity index (χ1) is 15.5. The molecule has 5 rings (SSSR count). The monoisotopic (exact) mass is 425 g/mol. The molecule has 2 aliphatic rings. The van der Waals surface area contributed by atoms with Gasteiger partial charge in [-0.15, -0.1) is 0 Å². The summed E-state index contributed by atoms with van der Waals surface area (Å²) >= 11 is 0. The van der Waals surface area contributed by atoms with Gasteiger partial charge in [-0.2, -0.15) is 0 Å². The average Bonchev–Trinajstić information content (AvgIpc) is 3.07. The Kier molecular flexibility index (Phi) is 4.90. The summed E-state index contributed by atoms with van der Waals surface area (Å²) in [6.45, 7) is 1.90. The summed E-state index contributed by atoms with van der Waals surface area (Å²) in [5.41, 5.74) is 5.26. The van der Waals surface area contributed by atoms with Crippen molar-refractivity contribution in [1.29, 1.82) is 0 Å². The van der Waals surface area contributed by atoms with Crippen molar-refractivity contribution in [3.05, 3.63) is 106 Å². The van der Waals surface area contributed by atoms with Crippen molar-refractivity contribution in [2.75, 3.05) is 5.32 Å². The molecule has 0 radical (unpaired) electrons. The third kappa shape index (κ3) is 3.39. The quantitative estimate of drug-likeness (QED) is 0.664. The minimum absolute atomic E-state index is 0.263.